The molecule has 3 unspecified atom stereocenters. The first-order valence-corrected chi connectivity index (χ1v) is 7.71. The SMILES string of the molecule is CCOC1CC(NC(=O)OC(C)(C)C)C1NCc1cnc[nH]1. The first-order valence-electron chi connectivity index (χ1n) is 7.71. The largest absolute Gasteiger partial charge is 0.444 e. The van der Waals surface area contributed by atoms with Crippen molar-refractivity contribution < 1.29 is 14.3 Å². The van der Waals surface area contributed by atoms with Crippen LogP contribution >= 0.6 is 0 Å². The predicted octanol–water partition coefficient (Wildman–Crippen LogP) is 1.57. The second kappa shape index (κ2) is 7.11. The van der Waals surface area contributed by atoms with Gasteiger partial charge < -0.3 is 25.1 Å². The number of carbonyl (C=O) groups excluding carboxylic acids is 1. The molecule has 1 amide bonds. The van der Waals surface area contributed by atoms with Crippen LogP contribution < -0.4 is 10.6 Å². The maximum Gasteiger partial charge on any atom is 0.407 e. The molecule has 0 spiro atoms. The van der Waals surface area contributed by atoms with Crippen LogP contribution in [0.15, 0.2) is 12.5 Å². The fourth-order valence-electron chi connectivity index (χ4n) is 2.48. The lowest BCUT2D eigenvalue weighted by molar-refractivity contribution is -0.0438. The van der Waals surface area contributed by atoms with Gasteiger partial charge in [0.15, 0.2) is 0 Å². The second-order valence-electron chi connectivity index (χ2n) is 6.47. The summed E-state index contributed by atoms with van der Waals surface area (Å²) in [5.74, 6) is 0. The third-order valence-corrected chi connectivity index (χ3v) is 3.49. The number of aromatic amines is 1. The summed E-state index contributed by atoms with van der Waals surface area (Å²) in [7, 11) is 0. The maximum atomic E-state index is 11.9. The molecule has 3 N–H and O–H groups in total. The summed E-state index contributed by atoms with van der Waals surface area (Å²) in [5.41, 5.74) is 0.504. The summed E-state index contributed by atoms with van der Waals surface area (Å²) in [6.45, 7) is 8.84. The quantitative estimate of drug-likeness (QED) is 0.742. The zero-order chi connectivity index (χ0) is 16.2. The number of alkyl carbamates (subject to hydrolysis) is 1. The van der Waals surface area contributed by atoms with Crippen molar-refractivity contribution in [3.8, 4) is 0 Å². The molecule has 1 fully saturated rings. The van der Waals surface area contributed by atoms with Crippen LogP contribution in [0.25, 0.3) is 0 Å². The Labute approximate surface area is 131 Å². The van der Waals surface area contributed by atoms with E-state index in [4.69, 9.17) is 9.47 Å². The van der Waals surface area contributed by atoms with Crippen molar-refractivity contribution in [1.29, 1.82) is 0 Å². The number of amides is 1. The lowest BCUT2D eigenvalue weighted by Gasteiger charge is -2.44. The van der Waals surface area contributed by atoms with Crippen molar-refractivity contribution in [3.05, 3.63) is 18.2 Å². The van der Waals surface area contributed by atoms with E-state index in [0.717, 1.165) is 12.1 Å². The minimum absolute atomic E-state index is 0.00863. The van der Waals surface area contributed by atoms with E-state index in [1.54, 1.807) is 12.5 Å². The summed E-state index contributed by atoms with van der Waals surface area (Å²) in [6, 6.07) is 0.0742. The number of hydrogen-bond donors (Lipinski definition) is 3. The first kappa shape index (κ1) is 16.8. The molecule has 1 heterocycles. The number of carbonyl (C=O) groups is 1. The highest BCUT2D eigenvalue weighted by Crippen LogP contribution is 2.25. The van der Waals surface area contributed by atoms with Gasteiger partial charge in [-0.2, -0.15) is 0 Å². The van der Waals surface area contributed by atoms with Crippen molar-refractivity contribution in [2.45, 2.75) is 64.4 Å². The molecule has 1 aromatic rings. The maximum absolute atomic E-state index is 11.9. The van der Waals surface area contributed by atoms with Crippen molar-refractivity contribution in [2.24, 2.45) is 0 Å². The zero-order valence-electron chi connectivity index (χ0n) is 13.7. The molecule has 22 heavy (non-hydrogen) atoms. The van der Waals surface area contributed by atoms with Crippen LogP contribution in [0, 0.1) is 0 Å². The molecule has 1 aliphatic rings. The van der Waals surface area contributed by atoms with Crippen LogP contribution in [0.4, 0.5) is 4.79 Å². The van der Waals surface area contributed by atoms with Gasteiger partial charge in [0.25, 0.3) is 0 Å². The minimum Gasteiger partial charge on any atom is -0.444 e. The predicted molar refractivity (Wildman–Crippen MR) is 82.4 cm³/mol. The fourth-order valence-corrected chi connectivity index (χ4v) is 2.48. The van der Waals surface area contributed by atoms with Gasteiger partial charge in [-0.05, 0) is 34.1 Å². The van der Waals surface area contributed by atoms with Gasteiger partial charge >= 0.3 is 6.09 Å². The summed E-state index contributed by atoms with van der Waals surface area (Å²) >= 11 is 0. The van der Waals surface area contributed by atoms with E-state index in [1.807, 2.05) is 27.7 Å². The van der Waals surface area contributed by atoms with Crippen molar-refractivity contribution >= 4 is 6.09 Å². The Morgan fingerprint density at radius 1 is 1.50 bits per heavy atom. The lowest BCUT2D eigenvalue weighted by atomic mass is 9.82. The standard InChI is InChI=1S/C15H26N4O3/c1-5-21-12-6-11(19-14(20)22-15(2,3)4)13(12)17-8-10-7-16-9-18-10/h7,9,11-13,17H,5-6,8H2,1-4H3,(H,16,18)(H,19,20). The van der Waals surface area contributed by atoms with E-state index in [2.05, 4.69) is 20.6 Å². The number of aromatic nitrogens is 2. The van der Waals surface area contributed by atoms with Crippen LogP contribution in [0.1, 0.15) is 39.8 Å². The zero-order valence-corrected chi connectivity index (χ0v) is 13.7. The second-order valence-corrected chi connectivity index (χ2v) is 6.47. The molecule has 0 saturated heterocycles. The van der Waals surface area contributed by atoms with Crippen LogP contribution in [-0.2, 0) is 16.0 Å². The molecular formula is C15H26N4O3. The molecule has 2 rings (SSSR count). The number of nitrogens with zero attached hydrogens (tertiary/aromatic N) is 1. The number of hydrogen-bond acceptors (Lipinski definition) is 5. The molecule has 7 nitrogen and oxygen atoms in total. The van der Waals surface area contributed by atoms with Gasteiger partial charge in [0.1, 0.15) is 5.60 Å². The van der Waals surface area contributed by atoms with Crippen molar-refractivity contribution in [1.82, 2.24) is 20.6 Å². The normalized spacial score (nSPS) is 24.6. The summed E-state index contributed by atoms with van der Waals surface area (Å²) in [4.78, 5) is 18.9. The summed E-state index contributed by atoms with van der Waals surface area (Å²) < 4.78 is 11.0. The van der Waals surface area contributed by atoms with Gasteiger partial charge in [-0.3, -0.25) is 0 Å². The molecule has 3 atom stereocenters. The molecule has 0 aliphatic heterocycles. The topological polar surface area (TPSA) is 88.3 Å². The van der Waals surface area contributed by atoms with Gasteiger partial charge in [-0.1, -0.05) is 0 Å². The monoisotopic (exact) mass is 310 g/mol. The smallest absolute Gasteiger partial charge is 0.407 e. The van der Waals surface area contributed by atoms with E-state index in [9.17, 15) is 4.79 Å². The molecule has 1 aliphatic carbocycles. The Balaban J connectivity index is 1.85. The minimum atomic E-state index is -0.494. The number of nitrogens with one attached hydrogen (secondary N) is 3. The molecule has 0 aromatic carbocycles. The summed E-state index contributed by atoms with van der Waals surface area (Å²) in [5, 5.41) is 6.32. The molecule has 1 saturated carbocycles. The van der Waals surface area contributed by atoms with E-state index in [1.165, 1.54) is 0 Å². The fraction of sp³-hybridized carbons (Fsp3) is 0.733. The van der Waals surface area contributed by atoms with Gasteiger partial charge in [0.2, 0.25) is 0 Å². The number of H-pyrrole nitrogens is 1. The van der Waals surface area contributed by atoms with Crippen molar-refractivity contribution in [3.63, 3.8) is 0 Å². The van der Waals surface area contributed by atoms with Gasteiger partial charge in [0, 0.05) is 25.0 Å². The van der Waals surface area contributed by atoms with Crippen LogP contribution in [0.2, 0.25) is 0 Å². The first-order chi connectivity index (χ1) is 10.4. The van der Waals surface area contributed by atoms with Gasteiger partial charge in [-0.25, -0.2) is 9.78 Å². The highest BCUT2D eigenvalue weighted by Gasteiger charge is 2.42. The summed E-state index contributed by atoms with van der Waals surface area (Å²) in [6.07, 6.45) is 3.92. The molecule has 0 bridgehead atoms. The Morgan fingerprint density at radius 3 is 2.86 bits per heavy atom. The number of rotatable bonds is 6. The number of ether oxygens (including phenoxy) is 2. The Hall–Kier alpha value is -1.60. The molecular weight excluding hydrogens is 284 g/mol. The highest BCUT2D eigenvalue weighted by atomic mass is 16.6. The van der Waals surface area contributed by atoms with E-state index in [0.29, 0.717) is 13.2 Å². The number of imidazole rings is 1. The van der Waals surface area contributed by atoms with E-state index >= 15 is 0 Å². The van der Waals surface area contributed by atoms with Crippen molar-refractivity contribution in [2.75, 3.05) is 6.61 Å². The molecule has 7 heteroatoms. The van der Waals surface area contributed by atoms with E-state index < -0.39 is 5.60 Å². The molecule has 1 aromatic heterocycles. The Bertz CT molecular complexity index is 470. The highest BCUT2D eigenvalue weighted by molar-refractivity contribution is 5.68. The lowest BCUT2D eigenvalue weighted by Crippen LogP contribution is -2.66. The third kappa shape index (κ3) is 4.71. The molecule has 0 radical (unpaired) electrons. The Kier molecular flexibility index (Phi) is 5.42. The Morgan fingerprint density at radius 2 is 2.27 bits per heavy atom. The van der Waals surface area contributed by atoms with Crippen LogP contribution in [0.3, 0.4) is 0 Å². The van der Waals surface area contributed by atoms with Crippen LogP contribution in [-0.4, -0.2) is 46.5 Å². The van der Waals surface area contributed by atoms with Crippen LogP contribution in [0.5, 0.6) is 0 Å². The van der Waals surface area contributed by atoms with Gasteiger partial charge in [-0.15, -0.1) is 0 Å². The van der Waals surface area contributed by atoms with Gasteiger partial charge in [0.05, 0.1) is 24.5 Å². The molecule has 124 valence electrons. The third-order valence-electron chi connectivity index (χ3n) is 3.49. The average Bonchev–Trinajstić information content (AvgIpc) is 2.88. The average molecular weight is 310 g/mol. The van der Waals surface area contributed by atoms with E-state index in [-0.39, 0.29) is 24.3 Å².